The van der Waals surface area contributed by atoms with Gasteiger partial charge in [-0.1, -0.05) is 55.4 Å². The number of carbonyl (C=O) groups is 2. The number of hydrogen-bond acceptors (Lipinski definition) is 6. The molecule has 0 saturated carbocycles. The van der Waals surface area contributed by atoms with E-state index in [1.54, 1.807) is 31.2 Å². The molecule has 7 nitrogen and oxygen atoms in total. The smallest absolute Gasteiger partial charge is 0.224 e. The van der Waals surface area contributed by atoms with Crippen LogP contribution in [-0.2, 0) is 17.9 Å². The molecule has 8 heteroatoms. The molecular weight excluding hydrogens is 446 g/mol. The van der Waals surface area contributed by atoms with E-state index in [-0.39, 0.29) is 17.4 Å². The highest BCUT2D eigenvalue weighted by molar-refractivity contribution is 7.99. The van der Waals surface area contributed by atoms with Crippen LogP contribution in [0.1, 0.15) is 54.4 Å². The van der Waals surface area contributed by atoms with Gasteiger partial charge in [-0.15, -0.1) is 10.2 Å². The van der Waals surface area contributed by atoms with Crippen molar-refractivity contribution in [1.29, 1.82) is 0 Å². The summed E-state index contributed by atoms with van der Waals surface area (Å²) in [5.41, 5.74) is 2.49. The molecule has 178 valence electrons. The SMILES string of the molecule is CCC(=O)Nc1ccc(C(=O)CSc2nnc(CN3CCCCC3)n2Cc2ccccc2)cc1. The van der Waals surface area contributed by atoms with Crippen molar-refractivity contribution in [3.05, 3.63) is 71.5 Å². The maximum Gasteiger partial charge on any atom is 0.224 e. The molecular formula is C26H31N5O2S. The van der Waals surface area contributed by atoms with Crippen molar-refractivity contribution in [3.63, 3.8) is 0 Å². The van der Waals surface area contributed by atoms with Gasteiger partial charge in [-0.25, -0.2) is 0 Å². The summed E-state index contributed by atoms with van der Waals surface area (Å²) in [6.45, 7) is 5.44. The van der Waals surface area contributed by atoms with E-state index >= 15 is 0 Å². The number of nitrogens with one attached hydrogen (secondary N) is 1. The highest BCUT2D eigenvalue weighted by atomic mass is 32.2. The van der Waals surface area contributed by atoms with Crippen LogP contribution in [0.3, 0.4) is 0 Å². The highest BCUT2D eigenvalue weighted by Crippen LogP contribution is 2.22. The van der Waals surface area contributed by atoms with Gasteiger partial charge >= 0.3 is 0 Å². The highest BCUT2D eigenvalue weighted by Gasteiger charge is 2.19. The van der Waals surface area contributed by atoms with Crippen LogP contribution in [0.5, 0.6) is 0 Å². The second-order valence-electron chi connectivity index (χ2n) is 8.50. The van der Waals surface area contributed by atoms with Crippen LogP contribution in [0.15, 0.2) is 59.8 Å². The Morgan fingerprint density at radius 2 is 1.68 bits per heavy atom. The van der Waals surface area contributed by atoms with Crippen LogP contribution >= 0.6 is 11.8 Å². The molecule has 1 N–H and O–H groups in total. The van der Waals surface area contributed by atoms with Gasteiger partial charge in [0, 0.05) is 17.7 Å². The summed E-state index contributed by atoms with van der Waals surface area (Å²) in [4.78, 5) is 26.8. The Kier molecular flexibility index (Phi) is 8.49. The number of thioether (sulfide) groups is 1. The molecule has 0 bridgehead atoms. The summed E-state index contributed by atoms with van der Waals surface area (Å²) in [7, 11) is 0. The first-order valence-corrected chi connectivity index (χ1v) is 12.8. The standard InChI is InChI=1S/C26H31N5O2S/c1-2-25(33)27-22-13-11-21(12-14-22)23(32)19-34-26-29-28-24(18-30-15-7-4-8-16-30)31(26)17-20-9-5-3-6-10-20/h3,5-6,9-14H,2,4,7-8,15-19H2,1H3,(H,27,33). The largest absolute Gasteiger partial charge is 0.326 e. The molecule has 1 fully saturated rings. The Morgan fingerprint density at radius 1 is 0.941 bits per heavy atom. The average Bonchev–Trinajstić information content (AvgIpc) is 3.24. The Hall–Kier alpha value is -2.97. The van der Waals surface area contributed by atoms with E-state index in [4.69, 9.17) is 0 Å². The summed E-state index contributed by atoms with van der Waals surface area (Å²) >= 11 is 1.42. The third-order valence-corrected chi connectivity index (χ3v) is 6.90. The van der Waals surface area contributed by atoms with E-state index in [1.807, 2.05) is 18.2 Å². The Balaban J connectivity index is 1.45. The summed E-state index contributed by atoms with van der Waals surface area (Å²) in [6, 6.07) is 17.3. The third kappa shape index (κ3) is 6.55. The van der Waals surface area contributed by atoms with Gasteiger partial charge < -0.3 is 9.88 Å². The number of amides is 1. The third-order valence-electron chi connectivity index (χ3n) is 5.93. The molecule has 0 aliphatic carbocycles. The zero-order valence-corrected chi connectivity index (χ0v) is 20.4. The molecule has 1 saturated heterocycles. The maximum absolute atomic E-state index is 12.8. The molecule has 34 heavy (non-hydrogen) atoms. The number of likely N-dealkylation sites (tertiary alicyclic amines) is 1. The zero-order chi connectivity index (χ0) is 23.8. The van der Waals surface area contributed by atoms with Crippen LogP contribution in [0, 0.1) is 0 Å². The number of nitrogens with zero attached hydrogens (tertiary/aromatic N) is 4. The molecule has 3 aromatic rings. The predicted octanol–water partition coefficient (Wildman–Crippen LogP) is 4.64. The van der Waals surface area contributed by atoms with E-state index < -0.39 is 0 Å². The minimum atomic E-state index is -0.0484. The maximum atomic E-state index is 12.8. The number of Topliss-reactive ketones (excluding diaryl/α,β-unsaturated/α-hetero) is 1. The van der Waals surface area contributed by atoms with Crippen molar-refractivity contribution in [2.45, 2.75) is 50.9 Å². The molecule has 0 spiro atoms. The minimum Gasteiger partial charge on any atom is -0.326 e. The van der Waals surface area contributed by atoms with E-state index in [1.165, 1.54) is 36.6 Å². The van der Waals surface area contributed by atoms with E-state index in [9.17, 15) is 9.59 Å². The fraction of sp³-hybridized carbons (Fsp3) is 0.385. The molecule has 1 aliphatic heterocycles. The first-order chi connectivity index (χ1) is 16.6. The van der Waals surface area contributed by atoms with Crippen molar-refractivity contribution in [1.82, 2.24) is 19.7 Å². The lowest BCUT2D eigenvalue weighted by Gasteiger charge is -2.26. The van der Waals surface area contributed by atoms with Crippen molar-refractivity contribution in [2.75, 3.05) is 24.2 Å². The topological polar surface area (TPSA) is 80.1 Å². The fourth-order valence-corrected chi connectivity index (χ4v) is 4.84. The molecule has 0 radical (unpaired) electrons. The minimum absolute atomic E-state index is 0.0187. The van der Waals surface area contributed by atoms with Gasteiger partial charge in [-0.05, 0) is 55.8 Å². The van der Waals surface area contributed by atoms with Crippen LogP contribution in [0.4, 0.5) is 5.69 Å². The van der Waals surface area contributed by atoms with E-state index in [2.05, 4.69) is 37.1 Å². The van der Waals surface area contributed by atoms with Gasteiger partial charge in [-0.2, -0.15) is 0 Å². The molecule has 0 atom stereocenters. The molecule has 1 aliphatic rings. The van der Waals surface area contributed by atoms with Gasteiger partial charge in [0.25, 0.3) is 0 Å². The zero-order valence-electron chi connectivity index (χ0n) is 19.6. The number of hydrogen-bond donors (Lipinski definition) is 1. The fourth-order valence-electron chi connectivity index (χ4n) is 3.99. The number of ketones is 1. The summed E-state index contributed by atoms with van der Waals surface area (Å²) in [6.07, 6.45) is 4.16. The lowest BCUT2D eigenvalue weighted by molar-refractivity contribution is -0.115. The number of aromatic nitrogens is 3. The Labute approximate surface area is 205 Å². The number of carbonyl (C=O) groups excluding carboxylic acids is 2. The number of benzene rings is 2. The van der Waals surface area contributed by atoms with E-state index in [0.29, 0.717) is 24.2 Å². The summed E-state index contributed by atoms with van der Waals surface area (Å²) in [5, 5.41) is 12.5. The monoisotopic (exact) mass is 477 g/mol. The van der Waals surface area contributed by atoms with Crippen molar-refractivity contribution < 1.29 is 9.59 Å². The predicted molar refractivity (Wildman–Crippen MR) is 135 cm³/mol. The van der Waals surface area contributed by atoms with Gasteiger partial charge in [0.2, 0.25) is 5.91 Å². The van der Waals surface area contributed by atoms with Crippen LogP contribution in [0.2, 0.25) is 0 Å². The molecule has 1 amide bonds. The molecule has 2 heterocycles. The van der Waals surface area contributed by atoms with Crippen molar-refractivity contribution >= 4 is 29.1 Å². The molecule has 4 rings (SSSR count). The summed E-state index contributed by atoms with van der Waals surface area (Å²) < 4.78 is 2.14. The van der Waals surface area contributed by atoms with Crippen molar-refractivity contribution in [3.8, 4) is 0 Å². The molecule has 0 unspecified atom stereocenters. The van der Waals surface area contributed by atoms with Crippen molar-refractivity contribution in [2.24, 2.45) is 0 Å². The van der Waals surface area contributed by atoms with Gasteiger partial charge in [0.1, 0.15) is 5.82 Å². The van der Waals surface area contributed by atoms with Crippen LogP contribution < -0.4 is 5.32 Å². The van der Waals surface area contributed by atoms with Crippen LogP contribution in [0.25, 0.3) is 0 Å². The Morgan fingerprint density at radius 3 is 2.38 bits per heavy atom. The van der Waals surface area contributed by atoms with Gasteiger partial charge in [0.05, 0.1) is 18.8 Å². The molecule has 2 aromatic carbocycles. The average molecular weight is 478 g/mol. The van der Waals surface area contributed by atoms with E-state index in [0.717, 1.165) is 30.6 Å². The lowest BCUT2D eigenvalue weighted by Crippen LogP contribution is -2.30. The number of rotatable bonds is 10. The first kappa shape index (κ1) is 24.2. The number of piperidine rings is 1. The number of anilines is 1. The second-order valence-corrected chi connectivity index (χ2v) is 9.44. The van der Waals surface area contributed by atoms with Gasteiger partial charge in [-0.3, -0.25) is 14.5 Å². The van der Waals surface area contributed by atoms with Gasteiger partial charge in [0.15, 0.2) is 10.9 Å². The normalized spacial score (nSPS) is 14.1. The second kappa shape index (κ2) is 11.9. The quantitative estimate of drug-likeness (QED) is 0.339. The lowest BCUT2D eigenvalue weighted by atomic mass is 10.1. The molecule has 1 aromatic heterocycles. The first-order valence-electron chi connectivity index (χ1n) is 11.9. The van der Waals surface area contributed by atoms with Crippen LogP contribution in [-0.4, -0.2) is 50.2 Å². The summed E-state index contributed by atoms with van der Waals surface area (Å²) in [5.74, 6) is 1.19. The Bertz CT molecular complexity index is 1090.